The number of hydrogen-bond donors (Lipinski definition) is 2. The van der Waals surface area contributed by atoms with Crippen molar-refractivity contribution in [2.75, 3.05) is 6.61 Å². The number of amides is 1. The largest absolute Gasteiger partial charge is 0.378 e. The Kier molecular flexibility index (Phi) is 4.54. The third-order valence-electron chi connectivity index (χ3n) is 2.83. The van der Waals surface area contributed by atoms with Gasteiger partial charge in [-0.05, 0) is 33.6 Å². The second-order valence-corrected chi connectivity index (χ2v) is 4.59. The molecule has 0 spiro atoms. The van der Waals surface area contributed by atoms with Gasteiger partial charge in [0.25, 0.3) is 0 Å². The van der Waals surface area contributed by atoms with Crippen LogP contribution in [-0.4, -0.2) is 30.7 Å². The third-order valence-corrected chi connectivity index (χ3v) is 2.83. The molecule has 0 aromatic rings. The summed E-state index contributed by atoms with van der Waals surface area (Å²) in [5.74, 6) is 0.119. The average molecular weight is 214 g/mol. The van der Waals surface area contributed by atoms with Gasteiger partial charge < -0.3 is 15.8 Å². The molecule has 4 atom stereocenters. The quantitative estimate of drug-likeness (QED) is 0.722. The summed E-state index contributed by atoms with van der Waals surface area (Å²) in [4.78, 5) is 11.8. The molecule has 1 fully saturated rings. The van der Waals surface area contributed by atoms with Gasteiger partial charge in [0.05, 0.1) is 12.0 Å². The second-order valence-electron chi connectivity index (χ2n) is 4.59. The topological polar surface area (TPSA) is 64.3 Å². The van der Waals surface area contributed by atoms with Crippen LogP contribution in [0.25, 0.3) is 0 Å². The first-order valence-electron chi connectivity index (χ1n) is 5.68. The predicted octanol–water partition coefficient (Wildman–Crippen LogP) is 0.653. The monoisotopic (exact) mass is 214 g/mol. The predicted molar refractivity (Wildman–Crippen MR) is 59.4 cm³/mol. The molecule has 15 heavy (non-hydrogen) atoms. The van der Waals surface area contributed by atoms with Crippen molar-refractivity contribution in [3.63, 3.8) is 0 Å². The van der Waals surface area contributed by atoms with Crippen LogP contribution in [0.5, 0.6) is 0 Å². The van der Waals surface area contributed by atoms with E-state index in [4.69, 9.17) is 10.5 Å². The molecule has 0 aliphatic carbocycles. The average Bonchev–Trinajstić information content (AvgIpc) is 2.49. The molecule has 1 saturated heterocycles. The van der Waals surface area contributed by atoms with Gasteiger partial charge in [0, 0.05) is 18.7 Å². The lowest BCUT2D eigenvalue weighted by Crippen LogP contribution is -2.41. The van der Waals surface area contributed by atoms with E-state index in [0.29, 0.717) is 6.61 Å². The number of carbonyl (C=O) groups excluding carboxylic acids is 1. The molecular formula is C11H22N2O2. The number of rotatable bonds is 4. The summed E-state index contributed by atoms with van der Waals surface area (Å²) in [5, 5.41) is 2.98. The van der Waals surface area contributed by atoms with Crippen LogP contribution in [0.15, 0.2) is 0 Å². The fourth-order valence-electron chi connectivity index (χ4n) is 2.04. The molecule has 1 amide bonds. The Hall–Kier alpha value is -0.610. The van der Waals surface area contributed by atoms with E-state index >= 15 is 0 Å². The fraction of sp³-hybridized carbons (Fsp3) is 0.909. The fourth-order valence-corrected chi connectivity index (χ4v) is 2.04. The molecular weight excluding hydrogens is 192 g/mol. The van der Waals surface area contributed by atoms with Crippen molar-refractivity contribution >= 4 is 5.91 Å². The molecule has 88 valence electrons. The summed E-state index contributed by atoms with van der Waals surface area (Å²) < 4.78 is 5.36. The molecule has 0 aromatic carbocycles. The molecule has 4 nitrogen and oxygen atoms in total. The standard InChI is InChI=1S/C11H22N2O2/c1-7(12)6-8(2)13-11(14)10-4-5-15-9(10)3/h7-10H,4-6,12H2,1-3H3,(H,13,14). The minimum absolute atomic E-state index is 0.0144. The zero-order valence-electron chi connectivity index (χ0n) is 9.82. The lowest BCUT2D eigenvalue weighted by molar-refractivity contribution is -0.127. The van der Waals surface area contributed by atoms with Gasteiger partial charge in [0.2, 0.25) is 5.91 Å². The maximum absolute atomic E-state index is 11.8. The second kappa shape index (κ2) is 5.47. The highest BCUT2D eigenvalue weighted by atomic mass is 16.5. The van der Waals surface area contributed by atoms with E-state index < -0.39 is 0 Å². The molecule has 0 saturated carbocycles. The molecule has 0 radical (unpaired) electrons. The normalized spacial score (nSPS) is 29.9. The van der Waals surface area contributed by atoms with Crippen LogP contribution in [0, 0.1) is 5.92 Å². The van der Waals surface area contributed by atoms with Gasteiger partial charge in [0.15, 0.2) is 0 Å². The Morgan fingerprint density at radius 1 is 1.60 bits per heavy atom. The molecule has 1 heterocycles. The van der Waals surface area contributed by atoms with Crippen LogP contribution < -0.4 is 11.1 Å². The van der Waals surface area contributed by atoms with Crippen LogP contribution in [0.1, 0.15) is 33.6 Å². The Labute approximate surface area is 91.5 Å². The van der Waals surface area contributed by atoms with E-state index in [0.717, 1.165) is 12.8 Å². The molecule has 0 bridgehead atoms. The number of carbonyl (C=O) groups is 1. The molecule has 1 aliphatic heterocycles. The first-order chi connectivity index (χ1) is 7.00. The van der Waals surface area contributed by atoms with Gasteiger partial charge in [-0.1, -0.05) is 0 Å². The molecule has 4 heteroatoms. The van der Waals surface area contributed by atoms with Crippen molar-refractivity contribution in [2.45, 2.75) is 51.8 Å². The molecule has 3 N–H and O–H groups in total. The maximum atomic E-state index is 11.8. The van der Waals surface area contributed by atoms with Crippen molar-refractivity contribution < 1.29 is 9.53 Å². The number of nitrogens with two attached hydrogens (primary N) is 1. The highest BCUT2D eigenvalue weighted by Crippen LogP contribution is 2.20. The molecule has 1 rings (SSSR count). The van der Waals surface area contributed by atoms with Crippen LogP contribution in [0.2, 0.25) is 0 Å². The minimum Gasteiger partial charge on any atom is -0.378 e. The highest BCUT2D eigenvalue weighted by molar-refractivity contribution is 5.79. The van der Waals surface area contributed by atoms with Crippen molar-refractivity contribution in [1.29, 1.82) is 0 Å². The van der Waals surface area contributed by atoms with Crippen molar-refractivity contribution in [3.8, 4) is 0 Å². The van der Waals surface area contributed by atoms with Crippen LogP contribution in [0.3, 0.4) is 0 Å². The van der Waals surface area contributed by atoms with E-state index in [2.05, 4.69) is 5.32 Å². The Morgan fingerprint density at radius 3 is 2.73 bits per heavy atom. The maximum Gasteiger partial charge on any atom is 0.226 e. The van der Waals surface area contributed by atoms with E-state index in [1.54, 1.807) is 0 Å². The Balaban J connectivity index is 2.34. The smallest absolute Gasteiger partial charge is 0.226 e. The van der Waals surface area contributed by atoms with Gasteiger partial charge >= 0.3 is 0 Å². The van der Waals surface area contributed by atoms with E-state index in [9.17, 15) is 4.79 Å². The van der Waals surface area contributed by atoms with Gasteiger partial charge in [-0.2, -0.15) is 0 Å². The lowest BCUT2D eigenvalue weighted by atomic mass is 10.0. The van der Waals surface area contributed by atoms with E-state index in [1.165, 1.54) is 0 Å². The summed E-state index contributed by atoms with van der Waals surface area (Å²) >= 11 is 0. The summed E-state index contributed by atoms with van der Waals surface area (Å²) in [6, 6.07) is 0.267. The lowest BCUT2D eigenvalue weighted by Gasteiger charge is -2.20. The summed E-state index contributed by atoms with van der Waals surface area (Å²) in [6.45, 7) is 6.58. The summed E-state index contributed by atoms with van der Waals surface area (Å²) in [6.07, 6.45) is 1.69. The summed E-state index contributed by atoms with van der Waals surface area (Å²) in [5.41, 5.74) is 5.67. The van der Waals surface area contributed by atoms with Crippen molar-refractivity contribution in [3.05, 3.63) is 0 Å². The van der Waals surface area contributed by atoms with E-state index in [-0.39, 0.29) is 30.0 Å². The highest BCUT2D eigenvalue weighted by Gasteiger charge is 2.31. The molecule has 0 aromatic heterocycles. The number of hydrogen-bond acceptors (Lipinski definition) is 3. The van der Waals surface area contributed by atoms with Gasteiger partial charge in [-0.3, -0.25) is 4.79 Å². The minimum atomic E-state index is 0.0144. The van der Waals surface area contributed by atoms with Crippen LogP contribution in [-0.2, 0) is 9.53 Å². The first-order valence-corrected chi connectivity index (χ1v) is 5.68. The van der Waals surface area contributed by atoms with E-state index in [1.807, 2.05) is 20.8 Å². The van der Waals surface area contributed by atoms with Crippen LogP contribution >= 0.6 is 0 Å². The van der Waals surface area contributed by atoms with Gasteiger partial charge in [-0.25, -0.2) is 0 Å². The molecule has 4 unspecified atom stereocenters. The molecule has 1 aliphatic rings. The van der Waals surface area contributed by atoms with Crippen LogP contribution in [0.4, 0.5) is 0 Å². The van der Waals surface area contributed by atoms with Gasteiger partial charge in [0.1, 0.15) is 0 Å². The van der Waals surface area contributed by atoms with Gasteiger partial charge in [-0.15, -0.1) is 0 Å². The zero-order chi connectivity index (χ0) is 11.4. The zero-order valence-corrected chi connectivity index (χ0v) is 9.82. The SMILES string of the molecule is CC(N)CC(C)NC(=O)C1CCOC1C. The Morgan fingerprint density at radius 2 is 2.27 bits per heavy atom. The summed E-state index contributed by atoms with van der Waals surface area (Å²) in [7, 11) is 0. The Bertz CT molecular complexity index is 219. The number of ether oxygens (including phenoxy) is 1. The van der Waals surface area contributed by atoms with Crippen molar-refractivity contribution in [1.82, 2.24) is 5.32 Å². The third kappa shape index (κ3) is 3.80. The van der Waals surface area contributed by atoms with Crippen molar-refractivity contribution in [2.24, 2.45) is 11.7 Å². The first kappa shape index (κ1) is 12.5. The number of nitrogens with one attached hydrogen (secondary N) is 1.